The zero-order valence-corrected chi connectivity index (χ0v) is 16.5. The largest absolute Gasteiger partial charge is 0.445 e. The number of hydrogen-bond acceptors (Lipinski definition) is 5. The lowest BCUT2D eigenvalue weighted by Gasteiger charge is -2.16. The van der Waals surface area contributed by atoms with Crippen LogP contribution in [0.15, 0.2) is 66.9 Å². The summed E-state index contributed by atoms with van der Waals surface area (Å²) in [5, 5.41) is 11.0. The lowest BCUT2D eigenvalue weighted by Crippen LogP contribution is -2.39. The van der Waals surface area contributed by atoms with Crippen LogP contribution >= 0.6 is 0 Å². The van der Waals surface area contributed by atoms with Gasteiger partial charge in [0, 0.05) is 18.7 Å². The number of amides is 2. The molecule has 154 valence electrons. The van der Waals surface area contributed by atoms with Crippen LogP contribution < -0.4 is 5.32 Å². The average molecular weight is 405 g/mol. The van der Waals surface area contributed by atoms with Crippen LogP contribution in [0.4, 0.5) is 4.79 Å². The quantitative estimate of drug-likeness (QED) is 0.681. The molecule has 0 bridgehead atoms. The van der Waals surface area contributed by atoms with Crippen LogP contribution in [0.3, 0.4) is 0 Å². The molecule has 4 rings (SSSR count). The van der Waals surface area contributed by atoms with Gasteiger partial charge in [0.2, 0.25) is 5.91 Å². The van der Waals surface area contributed by atoms with Gasteiger partial charge in [-0.25, -0.2) is 9.48 Å². The van der Waals surface area contributed by atoms with Gasteiger partial charge in [-0.2, -0.15) is 0 Å². The zero-order chi connectivity index (χ0) is 20.8. The number of benzene rings is 2. The number of carbonyl (C=O) groups excluding carboxylic acids is 2. The van der Waals surface area contributed by atoms with E-state index in [0.717, 1.165) is 23.2 Å². The van der Waals surface area contributed by atoms with E-state index < -0.39 is 6.09 Å². The lowest BCUT2D eigenvalue weighted by molar-refractivity contribution is -0.129. The maximum atomic E-state index is 12.4. The Labute approximate surface area is 174 Å². The highest BCUT2D eigenvalue weighted by Crippen LogP contribution is 2.23. The number of alkyl carbamates (subject to hydrolysis) is 1. The Hall–Kier alpha value is -3.68. The number of rotatable bonds is 6. The minimum absolute atomic E-state index is 0.0731. The Balaban J connectivity index is 1.24. The van der Waals surface area contributed by atoms with Gasteiger partial charge in [0.05, 0.1) is 12.2 Å². The predicted molar refractivity (Wildman–Crippen MR) is 110 cm³/mol. The lowest BCUT2D eigenvalue weighted by atomic mass is 10.2. The zero-order valence-electron chi connectivity index (χ0n) is 16.5. The van der Waals surface area contributed by atoms with Gasteiger partial charge < -0.3 is 15.0 Å². The molecule has 8 heteroatoms. The maximum absolute atomic E-state index is 12.4. The van der Waals surface area contributed by atoms with E-state index in [2.05, 4.69) is 15.6 Å². The number of nitrogens with one attached hydrogen (secondary N) is 1. The third-order valence-corrected chi connectivity index (χ3v) is 5.07. The van der Waals surface area contributed by atoms with E-state index in [4.69, 9.17) is 4.74 Å². The summed E-state index contributed by atoms with van der Waals surface area (Å²) in [6.45, 7) is 1.23. The summed E-state index contributed by atoms with van der Waals surface area (Å²) >= 11 is 0. The number of ether oxygens (including phenoxy) is 1. The molecule has 2 heterocycles. The summed E-state index contributed by atoms with van der Waals surface area (Å²) in [5.41, 5.74) is 2.71. The first-order valence-electron chi connectivity index (χ1n) is 9.88. The van der Waals surface area contributed by atoms with E-state index in [1.54, 1.807) is 4.90 Å². The summed E-state index contributed by atoms with van der Waals surface area (Å²) in [4.78, 5) is 26.0. The van der Waals surface area contributed by atoms with Gasteiger partial charge in [-0.3, -0.25) is 4.79 Å². The number of likely N-dealkylation sites (tertiary alicyclic amines) is 1. The molecule has 1 saturated heterocycles. The molecular weight excluding hydrogens is 382 g/mol. The highest BCUT2D eigenvalue weighted by molar-refractivity contribution is 5.82. The SMILES string of the molecule is O=C(NCC(=O)N1CCC(n2cc(-c3ccccc3)nn2)C1)OCc1ccccc1. The Morgan fingerprint density at radius 2 is 1.80 bits per heavy atom. The minimum Gasteiger partial charge on any atom is -0.445 e. The summed E-state index contributed by atoms with van der Waals surface area (Å²) in [5.74, 6) is -0.141. The Bertz CT molecular complexity index is 990. The van der Waals surface area contributed by atoms with E-state index in [1.165, 1.54) is 0 Å². The molecule has 1 unspecified atom stereocenters. The molecule has 0 aliphatic carbocycles. The van der Waals surface area contributed by atoms with Gasteiger partial charge in [-0.05, 0) is 12.0 Å². The highest BCUT2D eigenvalue weighted by atomic mass is 16.5. The summed E-state index contributed by atoms with van der Waals surface area (Å²) in [6, 6.07) is 19.3. The van der Waals surface area contributed by atoms with E-state index in [-0.39, 0.29) is 25.1 Å². The predicted octanol–water partition coefficient (Wildman–Crippen LogP) is 2.64. The van der Waals surface area contributed by atoms with Crippen LogP contribution in [0.5, 0.6) is 0 Å². The van der Waals surface area contributed by atoms with Crippen molar-refractivity contribution in [3.8, 4) is 11.3 Å². The molecular formula is C22H23N5O3. The van der Waals surface area contributed by atoms with Crippen LogP contribution in [-0.2, 0) is 16.1 Å². The molecule has 30 heavy (non-hydrogen) atoms. The molecule has 0 spiro atoms. The third kappa shape index (κ3) is 4.83. The first-order valence-corrected chi connectivity index (χ1v) is 9.88. The van der Waals surface area contributed by atoms with Crippen molar-refractivity contribution >= 4 is 12.0 Å². The minimum atomic E-state index is -0.605. The number of hydrogen-bond donors (Lipinski definition) is 1. The molecule has 1 N–H and O–H groups in total. The normalized spacial score (nSPS) is 15.7. The Kier molecular flexibility index (Phi) is 6.03. The van der Waals surface area contributed by atoms with Crippen molar-refractivity contribution in [1.82, 2.24) is 25.2 Å². The Morgan fingerprint density at radius 3 is 2.57 bits per heavy atom. The smallest absolute Gasteiger partial charge is 0.407 e. The van der Waals surface area contributed by atoms with Crippen LogP contribution in [0, 0.1) is 0 Å². The number of aromatic nitrogens is 3. The second kappa shape index (κ2) is 9.21. The van der Waals surface area contributed by atoms with Crippen molar-refractivity contribution in [2.24, 2.45) is 0 Å². The fraction of sp³-hybridized carbons (Fsp3) is 0.273. The Morgan fingerprint density at radius 1 is 1.07 bits per heavy atom. The summed E-state index contributed by atoms with van der Waals surface area (Å²) in [6.07, 6.45) is 2.10. The average Bonchev–Trinajstić information content (AvgIpc) is 3.47. The molecule has 0 radical (unpaired) electrons. The molecule has 1 aliphatic rings. The van der Waals surface area contributed by atoms with Gasteiger partial charge in [-0.1, -0.05) is 65.9 Å². The topological polar surface area (TPSA) is 89.4 Å². The molecule has 3 aromatic rings. The van der Waals surface area contributed by atoms with E-state index in [9.17, 15) is 9.59 Å². The highest BCUT2D eigenvalue weighted by Gasteiger charge is 2.28. The first kappa shape index (κ1) is 19.6. The van der Waals surface area contributed by atoms with Crippen molar-refractivity contribution in [3.63, 3.8) is 0 Å². The summed E-state index contributed by atoms with van der Waals surface area (Å²) in [7, 11) is 0. The molecule has 1 fully saturated rings. The molecule has 2 amide bonds. The van der Waals surface area contributed by atoms with Crippen LogP contribution in [-0.4, -0.2) is 51.5 Å². The van der Waals surface area contributed by atoms with Gasteiger partial charge in [-0.15, -0.1) is 5.10 Å². The monoisotopic (exact) mass is 405 g/mol. The van der Waals surface area contributed by atoms with Gasteiger partial charge >= 0.3 is 6.09 Å². The molecule has 1 aromatic heterocycles. The van der Waals surface area contributed by atoms with Crippen molar-refractivity contribution in [1.29, 1.82) is 0 Å². The third-order valence-electron chi connectivity index (χ3n) is 5.07. The number of carbonyl (C=O) groups is 2. The van der Waals surface area contributed by atoms with Crippen LogP contribution in [0.1, 0.15) is 18.0 Å². The second-order valence-corrected chi connectivity index (χ2v) is 7.15. The molecule has 8 nitrogen and oxygen atoms in total. The van der Waals surface area contributed by atoms with E-state index in [1.807, 2.05) is 71.5 Å². The van der Waals surface area contributed by atoms with Gasteiger partial charge in [0.15, 0.2) is 0 Å². The fourth-order valence-electron chi connectivity index (χ4n) is 3.41. The maximum Gasteiger partial charge on any atom is 0.407 e. The fourth-order valence-corrected chi connectivity index (χ4v) is 3.41. The molecule has 1 aliphatic heterocycles. The molecule has 2 aromatic carbocycles. The van der Waals surface area contributed by atoms with Crippen molar-refractivity contribution in [3.05, 3.63) is 72.4 Å². The second-order valence-electron chi connectivity index (χ2n) is 7.15. The van der Waals surface area contributed by atoms with Gasteiger partial charge in [0.1, 0.15) is 18.8 Å². The van der Waals surface area contributed by atoms with E-state index in [0.29, 0.717) is 13.1 Å². The number of nitrogens with zero attached hydrogens (tertiary/aromatic N) is 4. The van der Waals surface area contributed by atoms with Crippen molar-refractivity contribution < 1.29 is 14.3 Å². The standard InChI is InChI=1S/C22H23N5O3/c28-21(13-23-22(29)30-16-17-7-3-1-4-8-17)26-12-11-19(14-26)27-15-20(24-25-27)18-9-5-2-6-10-18/h1-10,15,19H,11-14,16H2,(H,23,29). The van der Waals surface area contributed by atoms with E-state index >= 15 is 0 Å². The van der Waals surface area contributed by atoms with Crippen LogP contribution in [0.25, 0.3) is 11.3 Å². The van der Waals surface area contributed by atoms with Crippen molar-refractivity contribution in [2.75, 3.05) is 19.6 Å². The first-order chi connectivity index (χ1) is 14.7. The van der Waals surface area contributed by atoms with Crippen LogP contribution in [0.2, 0.25) is 0 Å². The summed E-state index contributed by atoms with van der Waals surface area (Å²) < 4.78 is 6.95. The van der Waals surface area contributed by atoms with Crippen molar-refractivity contribution in [2.45, 2.75) is 19.1 Å². The molecule has 0 saturated carbocycles. The van der Waals surface area contributed by atoms with Gasteiger partial charge in [0.25, 0.3) is 0 Å². The molecule has 1 atom stereocenters.